The van der Waals surface area contributed by atoms with Gasteiger partial charge in [-0.05, 0) is 36.4 Å². The van der Waals surface area contributed by atoms with Gasteiger partial charge in [0.2, 0.25) is 0 Å². The van der Waals surface area contributed by atoms with Crippen LogP contribution in [-0.4, -0.2) is 39.2 Å². The number of methoxy groups -OCH3 is 3. The monoisotopic (exact) mass is 343 g/mol. The fourth-order valence-electron chi connectivity index (χ4n) is 2.14. The second-order valence-electron chi connectivity index (χ2n) is 4.93. The van der Waals surface area contributed by atoms with Gasteiger partial charge in [-0.15, -0.1) is 0 Å². The molecular formula is C18H17NO6. The zero-order valence-corrected chi connectivity index (χ0v) is 14.0. The number of carbonyl (C=O) groups is 3. The predicted molar refractivity (Wildman–Crippen MR) is 90.1 cm³/mol. The van der Waals surface area contributed by atoms with Crippen LogP contribution in [0.1, 0.15) is 31.1 Å². The number of carbonyl (C=O) groups excluding carboxylic acids is 3. The molecule has 0 saturated heterocycles. The molecule has 0 aliphatic rings. The lowest BCUT2D eigenvalue weighted by atomic mass is 10.1. The number of esters is 2. The van der Waals surface area contributed by atoms with E-state index in [4.69, 9.17) is 9.47 Å². The third-order valence-corrected chi connectivity index (χ3v) is 3.43. The van der Waals surface area contributed by atoms with Gasteiger partial charge in [0.25, 0.3) is 5.91 Å². The van der Waals surface area contributed by atoms with Crippen molar-refractivity contribution in [2.75, 3.05) is 26.6 Å². The first-order valence-corrected chi connectivity index (χ1v) is 7.26. The van der Waals surface area contributed by atoms with E-state index in [2.05, 4.69) is 10.1 Å². The molecule has 2 aromatic rings. The molecule has 1 N–H and O–H groups in total. The minimum absolute atomic E-state index is 0.152. The molecule has 0 unspecified atom stereocenters. The molecule has 0 bridgehead atoms. The summed E-state index contributed by atoms with van der Waals surface area (Å²) in [5.41, 5.74) is 0.910. The molecular weight excluding hydrogens is 326 g/mol. The fourth-order valence-corrected chi connectivity index (χ4v) is 2.14. The van der Waals surface area contributed by atoms with Crippen LogP contribution in [0.4, 0.5) is 5.69 Å². The third kappa shape index (κ3) is 4.14. The molecule has 0 aliphatic heterocycles. The number of hydrogen-bond donors (Lipinski definition) is 1. The summed E-state index contributed by atoms with van der Waals surface area (Å²) in [5.74, 6) is -1.20. The minimum atomic E-state index is -0.613. The maximum absolute atomic E-state index is 12.4. The normalized spacial score (nSPS) is 9.88. The van der Waals surface area contributed by atoms with Crippen LogP contribution in [0.2, 0.25) is 0 Å². The molecule has 2 rings (SSSR count). The second-order valence-corrected chi connectivity index (χ2v) is 4.93. The van der Waals surface area contributed by atoms with Crippen molar-refractivity contribution >= 4 is 23.5 Å². The van der Waals surface area contributed by atoms with Gasteiger partial charge in [-0.2, -0.15) is 0 Å². The Labute approximate surface area is 144 Å². The van der Waals surface area contributed by atoms with Gasteiger partial charge in [-0.3, -0.25) is 4.79 Å². The van der Waals surface area contributed by atoms with Crippen LogP contribution in [0.25, 0.3) is 0 Å². The molecule has 0 spiro atoms. The largest absolute Gasteiger partial charge is 0.497 e. The van der Waals surface area contributed by atoms with E-state index in [0.29, 0.717) is 5.75 Å². The lowest BCUT2D eigenvalue weighted by molar-refractivity contribution is 0.0592. The number of amides is 1. The highest BCUT2D eigenvalue weighted by Gasteiger charge is 2.17. The van der Waals surface area contributed by atoms with Crippen molar-refractivity contribution < 1.29 is 28.6 Å². The summed E-state index contributed by atoms with van der Waals surface area (Å²) in [4.78, 5) is 35.9. The third-order valence-electron chi connectivity index (χ3n) is 3.43. The topological polar surface area (TPSA) is 90.9 Å². The van der Waals surface area contributed by atoms with E-state index in [1.165, 1.54) is 45.6 Å². The van der Waals surface area contributed by atoms with E-state index < -0.39 is 17.8 Å². The molecule has 0 radical (unpaired) electrons. The molecule has 130 valence electrons. The van der Waals surface area contributed by atoms with E-state index in [9.17, 15) is 14.4 Å². The van der Waals surface area contributed by atoms with Gasteiger partial charge in [0, 0.05) is 5.56 Å². The molecule has 0 atom stereocenters. The Morgan fingerprint density at radius 1 is 0.840 bits per heavy atom. The van der Waals surface area contributed by atoms with Crippen molar-refractivity contribution in [1.29, 1.82) is 0 Å². The SMILES string of the molecule is COC(=O)c1cccc(C(=O)Nc2ccc(OC)cc2C(=O)OC)c1. The van der Waals surface area contributed by atoms with Crippen molar-refractivity contribution in [3.8, 4) is 5.75 Å². The maximum Gasteiger partial charge on any atom is 0.340 e. The molecule has 0 aliphatic carbocycles. The standard InChI is InChI=1S/C18H17NO6/c1-23-13-7-8-15(14(10-13)18(22)25-3)19-16(20)11-5-4-6-12(9-11)17(21)24-2/h4-10H,1-3H3,(H,19,20). The Hall–Kier alpha value is -3.35. The second kappa shape index (κ2) is 7.96. The molecule has 25 heavy (non-hydrogen) atoms. The van der Waals surface area contributed by atoms with Gasteiger partial charge >= 0.3 is 11.9 Å². The Morgan fingerprint density at radius 2 is 1.52 bits per heavy atom. The molecule has 0 fully saturated rings. The lowest BCUT2D eigenvalue weighted by Crippen LogP contribution is -2.16. The summed E-state index contributed by atoms with van der Waals surface area (Å²) in [7, 11) is 3.97. The van der Waals surface area contributed by atoms with Gasteiger partial charge in [-0.25, -0.2) is 9.59 Å². The highest BCUT2D eigenvalue weighted by Crippen LogP contribution is 2.23. The van der Waals surface area contributed by atoms with E-state index in [1.807, 2.05) is 0 Å². The average Bonchev–Trinajstić information content (AvgIpc) is 2.66. The first kappa shape index (κ1) is 18.0. The Kier molecular flexibility index (Phi) is 5.73. The highest BCUT2D eigenvalue weighted by atomic mass is 16.5. The van der Waals surface area contributed by atoms with Crippen LogP contribution < -0.4 is 10.1 Å². The van der Waals surface area contributed by atoms with Gasteiger partial charge in [0.15, 0.2) is 0 Å². The van der Waals surface area contributed by atoms with Gasteiger partial charge in [0.05, 0.1) is 38.1 Å². The maximum atomic E-state index is 12.4. The number of ether oxygens (including phenoxy) is 3. The number of anilines is 1. The first-order valence-electron chi connectivity index (χ1n) is 7.26. The molecule has 7 nitrogen and oxygen atoms in total. The average molecular weight is 343 g/mol. The highest BCUT2D eigenvalue weighted by molar-refractivity contribution is 6.09. The molecule has 0 saturated carbocycles. The summed E-state index contributed by atoms with van der Waals surface area (Å²) in [5, 5.41) is 2.63. The van der Waals surface area contributed by atoms with Crippen LogP contribution in [0.3, 0.4) is 0 Å². The van der Waals surface area contributed by atoms with Crippen molar-refractivity contribution in [2.24, 2.45) is 0 Å². The zero-order chi connectivity index (χ0) is 18.4. The van der Waals surface area contributed by atoms with E-state index in [1.54, 1.807) is 18.2 Å². The smallest absolute Gasteiger partial charge is 0.340 e. The van der Waals surface area contributed by atoms with Crippen LogP contribution in [0.5, 0.6) is 5.75 Å². The Balaban J connectivity index is 2.32. The van der Waals surface area contributed by atoms with Gasteiger partial charge in [-0.1, -0.05) is 6.07 Å². The number of nitrogens with one attached hydrogen (secondary N) is 1. The van der Waals surface area contributed by atoms with Crippen molar-refractivity contribution in [2.45, 2.75) is 0 Å². The summed E-state index contributed by atoms with van der Waals surface area (Å²) in [6.45, 7) is 0. The van der Waals surface area contributed by atoms with Crippen LogP contribution >= 0.6 is 0 Å². The van der Waals surface area contributed by atoms with Gasteiger partial charge in [0.1, 0.15) is 5.75 Å². The van der Waals surface area contributed by atoms with E-state index >= 15 is 0 Å². The zero-order valence-electron chi connectivity index (χ0n) is 14.0. The summed E-state index contributed by atoms with van der Waals surface area (Å²) in [6, 6.07) is 10.7. The summed E-state index contributed by atoms with van der Waals surface area (Å²) < 4.78 is 14.4. The molecule has 0 aromatic heterocycles. The van der Waals surface area contributed by atoms with E-state index in [-0.39, 0.29) is 22.4 Å². The van der Waals surface area contributed by atoms with Gasteiger partial charge < -0.3 is 19.5 Å². The van der Waals surface area contributed by atoms with Crippen LogP contribution in [0.15, 0.2) is 42.5 Å². The molecule has 0 heterocycles. The molecule has 1 amide bonds. The van der Waals surface area contributed by atoms with Crippen molar-refractivity contribution in [3.63, 3.8) is 0 Å². The Morgan fingerprint density at radius 3 is 2.16 bits per heavy atom. The molecule has 2 aromatic carbocycles. The summed E-state index contributed by atoms with van der Waals surface area (Å²) >= 11 is 0. The predicted octanol–water partition coefficient (Wildman–Crippen LogP) is 2.52. The summed E-state index contributed by atoms with van der Waals surface area (Å²) in [6.07, 6.45) is 0. The quantitative estimate of drug-likeness (QED) is 0.839. The van der Waals surface area contributed by atoms with Crippen molar-refractivity contribution in [3.05, 3.63) is 59.2 Å². The van der Waals surface area contributed by atoms with Crippen LogP contribution in [-0.2, 0) is 9.47 Å². The van der Waals surface area contributed by atoms with E-state index in [0.717, 1.165) is 0 Å². The van der Waals surface area contributed by atoms with Crippen molar-refractivity contribution in [1.82, 2.24) is 0 Å². The van der Waals surface area contributed by atoms with Crippen LogP contribution in [0, 0.1) is 0 Å². The number of hydrogen-bond acceptors (Lipinski definition) is 6. The minimum Gasteiger partial charge on any atom is -0.497 e. The number of rotatable bonds is 5. The molecule has 7 heteroatoms. The Bertz CT molecular complexity index is 815. The number of benzene rings is 2. The fraction of sp³-hybridized carbons (Fsp3) is 0.167. The first-order chi connectivity index (χ1) is 12.0. The lowest BCUT2D eigenvalue weighted by Gasteiger charge is -2.11.